The summed E-state index contributed by atoms with van der Waals surface area (Å²) >= 11 is 9.18. The Hall–Kier alpha value is -1.70. The second-order valence-electron chi connectivity index (χ2n) is 4.10. The second kappa shape index (κ2) is 6.17. The third-order valence-corrected chi connectivity index (χ3v) is 3.59. The Balaban J connectivity index is 2.43. The van der Waals surface area contributed by atoms with Gasteiger partial charge in [0.1, 0.15) is 11.7 Å². The fourth-order valence-electron chi connectivity index (χ4n) is 1.81. The van der Waals surface area contributed by atoms with Gasteiger partial charge in [-0.1, -0.05) is 45.7 Å². The smallest absolute Gasteiger partial charge is 0.184 e. The molecule has 0 saturated heterocycles. The summed E-state index contributed by atoms with van der Waals surface area (Å²) in [6.45, 7) is 0. The minimum absolute atomic E-state index is 0.0693. The molecule has 0 bridgehead atoms. The van der Waals surface area contributed by atoms with Crippen LogP contribution in [-0.4, -0.2) is 5.78 Å². The third kappa shape index (κ3) is 3.06. The number of nitrogens with zero attached hydrogens (tertiary/aromatic N) is 1. The van der Waals surface area contributed by atoms with Crippen LogP contribution in [0.4, 0.5) is 4.39 Å². The van der Waals surface area contributed by atoms with Gasteiger partial charge < -0.3 is 0 Å². The molecule has 2 nitrogen and oxygen atoms in total. The molecular formula is C15H8BrClFNO. The van der Waals surface area contributed by atoms with Crippen molar-refractivity contribution in [3.8, 4) is 6.07 Å². The maximum atomic E-state index is 13.0. The molecule has 1 atom stereocenters. The zero-order valence-electron chi connectivity index (χ0n) is 10.1. The van der Waals surface area contributed by atoms with Gasteiger partial charge >= 0.3 is 0 Å². The SMILES string of the molecule is N#CC(C(=O)c1cccc(Br)c1)c1ccc(F)cc1Cl. The van der Waals surface area contributed by atoms with Crippen molar-refractivity contribution in [1.29, 1.82) is 5.26 Å². The molecular weight excluding hydrogens is 345 g/mol. The number of carbonyl (C=O) groups excluding carboxylic acids is 1. The lowest BCUT2D eigenvalue weighted by Crippen LogP contribution is -2.12. The van der Waals surface area contributed by atoms with E-state index in [0.29, 0.717) is 11.1 Å². The Morgan fingerprint density at radius 1 is 1.30 bits per heavy atom. The Morgan fingerprint density at radius 3 is 2.65 bits per heavy atom. The first-order chi connectivity index (χ1) is 9.52. The van der Waals surface area contributed by atoms with E-state index in [4.69, 9.17) is 11.6 Å². The van der Waals surface area contributed by atoms with Crippen LogP contribution in [0.15, 0.2) is 46.9 Å². The molecule has 1 unspecified atom stereocenters. The summed E-state index contributed by atoms with van der Waals surface area (Å²) in [5, 5.41) is 9.31. The zero-order valence-corrected chi connectivity index (χ0v) is 12.5. The molecule has 20 heavy (non-hydrogen) atoms. The van der Waals surface area contributed by atoms with Crippen molar-refractivity contribution < 1.29 is 9.18 Å². The molecule has 0 aliphatic heterocycles. The zero-order chi connectivity index (χ0) is 14.7. The number of halogens is 3. The van der Waals surface area contributed by atoms with Gasteiger partial charge in [-0.15, -0.1) is 0 Å². The maximum absolute atomic E-state index is 13.0. The number of hydrogen-bond acceptors (Lipinski definition) is 2. The molecule has 0 heterocycles. The predicted octanol–water partition coefficient (Wildman–Crippen LogP) is 4.73. The number of nitriles is 1. The molecule has 0 aliphatic carbocycles. The summed E-state index contributed by atoms with van der Waals surface area (Å²) in [4.78, 5) is 12.4. The highest BCUT2D eigenvalue weighted by molar-refractivity contribution is 9.10. The van der Waals surface area contributed by atoms with Crippen LogP contribution < -0.4 is 0 Å². The first kappa shape index (κ1) is 14.7. The third-order valence-electron chi connectivity index (χ3n) is 2.77. The van der Waals surface area contributed by atoms with Crippen molar-refractivity contribution in [1.82, 2.24) is 0 Å². The number of ketones is 1. The molecule has 0 aliphatic rings. The lowest BCUT2D eigenvalue weighted by molar-refractivity contribution is 0.0979. The van der Waals surface area contributed by atoms with Crippen molar-refractivity contribution >= 4 is 33.3 Å². The minimum atomic E-state index is -1.06. The van der Waals surface area contributed by atoms with E-state index in [1.54, 1.807) is 24.3 Å². The second-order valence-corrected chi connectivity index (χ2v) is 5.43. The van der Waals surface area contributed by atoms with Crippen molar-refractivity contribution in [2.24, 2.45) is 0 Å². The van der Waals surface area contributed by atoms with Gasteiger partial charge in [0, 0.05) is 15.1 Å². The van der Waals surface area contributed by atoms with E-state index in [-0.39, 0.29) is 10.8 Å². The van der Waals surface area contributed by atoms with Crippen LogP contribution >= 0.6 is 27.5 Å². The lowest BCUT2D eigenvalue weighted by Gasteiger charge is -2.10. The highest BCUT2D eigenvalue weighted by atomic mass is 79.9. The normalized spacial score (nSPS) is 11.7. The van der Waals surface area contributed by atoms with E-state index in [1.807, 2.05) is 6.07 Å². The molecule has 0 saturated carbocycles. The first-order valence-electron chi connectivity index (χ1n) is 5.67. The van der Waals surface area contributed by atoms with E-state index < -0.39 is 11.7 Å². The fourth-order valence-corrected chi connectivity index (χ4v) is 2.49. The summed E-state index contributed by atoms with van der Waals surface area (Å²) < 4.78 is 13.8. The molecule has 0 fully saturated rings. The quantitative estimate of drug-likeness (QED) is 0.749. The van der Waals surface area contributed by atoms with Gasteiger partial charge in [-0.2, -0.15) is 5.26 Å². The highest BCUT2D eigenvalue weighted by Crippen LogP contribution is 2.28. The molecule has 2 rings (SSSR count). The first-order valence-corrected chi connectivity index (χ1v) is 6.84. The van der Waals surface area contributed by atoms with Crippen LogP contribution in [0.2, 0.25) is 5.02 Å². The summed E-state index contributed by atoms with van der Waals surface area (Å²) in [6.07, 6.45) is 0. The molecule has 100 valence electrons. The molecule has 0 N–H and O–H groups in total. The van der Waals surface area contributed by atoms with E-state index in [2.05, 4.69) is 15.9 Å². The summed E-state index contributed by atoms with van der Waals surface area (Å²) in [5.74, 6) is -1.94. The maximum Gasteiger partial charge on any atom is 0.184 e. The molecule has 0 spiro atoms. The topological polar surface area (TPSA) is 40.9 Å². The number of rotatable bonds is 3. The number of Topliss-reactive ketones (excluding diaryl/α,β-unsaturated/α-hetero) is 1. The largest absolute Gasteiger partial charge is 0.292 e. The van der Waals surface area contributed by atoms with E-state index in [9.17, 15) is 14.4 Å². The van der Waals surface area contributed by atoms with Gasteiger partial charge in [0.2, 0.25) is 0 Å². The summed E-state index contributed by atoms with van der Waals surface area (Å²) in [6, 6.07) is 12.3. The van der Waals surface area contributed by atoms with Crippen LogP contribution in [0.1, 0.15) is 21.8 Å². The Morgan fingerprint density at radius 2 is 2.05 bits per heavy atom. The van der Waals surface area contributed by atoms with Crippen molar-refractivity contribution in [2.75, 3.05) is 0 Å². The van der Waals surface area contributed by atoms with Gasteiger partial charge in [-0.05, 0) is 29.8 Å². The lowest BCUT2D eigenvalue weighted by atomic mass is 9.92. The minimum Gasteiger partial charge on any atom is -0.292 e. The van der Waals surface area contributed by atoms with Crippen LogP contribution in [0, 0.1) is 17.1 Å². The fraction of sp³-hybridized carbons (Fsp3) is 0.0667. The molecule has 0 radical (unpaired) electrons. The van der Waals surface area contributed by atoms with Gasteiger partial charge in [0.25, 0.3) is 0 Å². The van der Waals surface area contributed by atoms with Crippen LogP contribution in [0.25, 0.3) is 0 Å². The Bertz CT molecular complexity index is 711. The van der Waals surface area contributed by atoms with Gasteiger partial charge in [-0.25, -0.2) is 4.39 Å². The van der Waals surface area contributed by atoms with Crippen molar-refractivity contribution in [3.05, 3.63) is 68.9 Å². The molecule has 0 amide bonds. The van der Waals surface area contributed by atoms with Gasteiger partial charge in [0.05, 0.1) is 6.07 Å². The Kier molecular flexibility index (Phi) is 4.53. The Labute approximate surface area is 128 Å². The number of carbonyl (C=O) groups is 1. The highest BCUT2D eigenvalue weighted by Gasteiger charge is 2.24. The van der Waals surface area contributed by atoms with Crippen molar-refractivity contribution in [3.63, 3.8) is 0 Å². The monoisotopic (exact) mass is 351 g/mol. The van der Waals surface area contributed by atoms with E-state index in [1.165, 1.54) is 12.1 Å². The van der Waals surface area contributed by atoms with E-state index in [0.717, 1.165) is 10.5 Å². The van der Waals surface area contributed by atoms with E-state index >= 15 is 0 Å². The van der Waals surface area contributed by atoms with Gasteiger partial charge in [0.15, 0.2) is 5.78 Å². The molecule has 0 aromatic heterocycles. The molecule has 2 aromatic carbocycles. The van der Waals surface area contributed by atoms with Crippen LogP contribution in [0.3, 0.4) is 0 Å². The van der Waals surface area contributed by atoms with Crippen molar-refractivity contribution in [2.45, 2.75) is 5.92 Å². The summed E-state index contributed by atoms with van der Waals surface area (Å²) in [7, 11) is 0. The van der Waals surface area contributed by atoms with Gasteiger partial charge in [-0.3, -0.25) is 4.79 Å². The number of hydrogen-bond donors (Lipinski definition) is 0. The number of benzene rings is 2. The average molecular weight is 353 g/mol. The molecule has 2 aromatic rings. The molecule has 5 heteroatoms. The van der Waals surface area contributed by atoms with Crippen LogP contribution in [0.5, 0.6) is 0 Å². The average Bonchev–Trinajstić information content (AvgIpc) is 2.41. The summed E-state index contributed by atoms with van der Waals surface area (Å²) in [5.41, 5.74) is 0.701. The van der Waals surface area contributed by atoms with Crippen LogP contribution in [-0.2, 0) is 0 Å². The predicted molar refractivity (Wildman–Crippen MR) is 78.2 cm³/mol. The standard InChI is InChI=1S/C15H8BrClFNO/c16-10-3-1-2-9(6-10)15(20)13(8-19)12-5-4-11(18)7-14(12)17/h1-7,13H.